The van der Waals surface area contributed by atoms with Gasteiger partial charge >= 0.3 is 0 Å². The summed E-state index contributed by atoms with van der Waals surface area (Å²) >= 11 is 0. The van der Waals surface area contributed by atoms with Crippen LogP contribution >= 0.6 is 0 Å². The minimum atomic E-state index is 0.0210. The minimum absolute atomic E-state index is 0.0210. The number of carbonyl (C=O) groups is 1. The van der Waals surface area contributed by atoms with Gasteiger partial charge in [0.1, 0.15) is 0 Å². The lowest BCUT2D eigenvalue weighted by Gasteiger charge is -1.98. The summed E-state index contributed by atoms with van der Waals surface area (Å²) < 4.78 is 2.04. The van der Waals surface area contributed by atoms with Crippen LogP contribution in [0.1, 0.15) is 12.5 Å². The molecule has 3 nitrogen and oxygen atoms in total. The van der Waals surface area contributed by atoms with E-state index in [2.05, 4.69) is 12.2 Å². The number of aromatic nitrogens is 1. The summed E-state index contributed by atoms with van der Waals surface area (Å²) in [4.78, 5) is 10.6. The summed E-state index contributed by atoms with van der Waals surface area (Å²) in [6, 6.07) is 4.10. The summed E-state index contributed by atoms with van der Waals surface area (Å²) in [6.45, 7) is 5.08. The Bertz CT molecular complexity index is 279. The van der Waals surface area contributed by atoms with Gasteiger partial charge in [-0.1, -0.05) is 0 Å². The van der Waals surface area contributed by atoms with Crippen molar-refractivity contribution in [3.8, 4) is 0 Å². The van der Waals surface area contributed by atoms with Crippen molar-refractivity contribution in [1.29, 1.82) is 0 Å². The molecule has 0 aliphatic rings. The molecule has 0 radical (unpaired) electrons. The fourth-order valence-electron chi connectivity index (χ4n) is 1.04. The molecule has 1 N–H and O–H groups in total. The number of nitrogens with zero attached hydrogens (tertiary/aromatic N) is 1. The monoisotopic (exact) mass is 179 g/mol. The number of pyridine rings is 1. The zero-order valence-electron chi connectivity index (χ0n) is 8.08. The van der Waals surface area contributed by atoms with E-state index in [4.69, 9.17) is 0 Å². The number of hydrogen-bond acceptors (Lipinski definition) is 1. The van der Waals surface area contributed by atoms with Crippen LogP contribution in [0.25, 0.3) is 0 Å². The molecular formula is C10H15N2O+. The third kappa shape index (κ3) is 3.69. The van der Waals surface area contributed by atoms with E-state index < -0.39 is 0 Å². The van der Waals surface area contributed by atoms with E-state index in [-0.39, 0.29) is 5.91 Å². The molecule has 1 aromatic rings. The van der Waals surface area contributed by atoms with Crippen LogP contribution in [0.15, 0.2) is 24.5 Å². The molecule has 0 bridgehead atoms. The maximum Gasteiger partial charge on any atom is 0.217 e. The Morgan fingerprint density at radius 2 is 2.08 bits per heavy atom. The van der Waals surface area contributed by atoms with Crippen molar-refractivity contribution in [2.24, 2.45) is 0 Å². The van der Waals surface area contributed by atoms with Crippen molar-refractivity contribution in [3.05, 3.63) is 30.1 Å². The van der Waals surface area contributed by atoms with Crippen molar-refractivity contribution in [2.75, 3.05) is 6.54 Å². The van der Waals surface area contributed by atoms with Crippen molar-refractivity contribution in [2.45, 2.75) is 20.4 Å². The van der Waals surface area contributed by atoms with Crippen LogP contribution in [0, 0.1) is 6.92 Å². The Balaban J connectivity index is 2.37. The maximum atomic E-state index is 10.6. The van der Waals surface area contributed by atoms with E-state index in [0.717, 1.165) is 6.54 Å². The zero-order chi connectivity index (χ0) is 9.68. The van der Waals surface area contributed by atoms with E-state index in [1.54, 1.807) is 0 Å². The lowest BCUT2D eigenvalue weighted by molar-refractivity contribution is -0.694. The quantitative estimate of drug-likeness (QED) is 0.670. The summed E-state index contributed by atoms with van der Waals surface area (Å²) in [5.74, 6) is 0.0210. The molecule has 1 amide bonds. The summed E-state index contributed by atoms with van der Waals surface area (Å²) in [6.07, 6.45) is 4.02. The van der Waals surface area contributed by atoms with E-state index >= 15 is 0 Å². The number of amides is 1. The molecule has 0 aliphatic heterocycles. The molecule has 0 spiro atoms. The predicted octanol–water partition coefficient (Wildman–Crippen LogP) is 0.419. The van der Waals surface area contributed by atoms with Crippen LogP contribution in [0.3, 0.4) is 0 Å². The fraction of sp³-hybridized carbons (Fsp3) is 0.400. The normalized spacial score (nSPS) is 9.69. The largest absolute Gasteiger partial charge is 0.350 e. The average molecular weight is 179 g/mol. The standard InChI is InChI=1S/C10H14N2O/c1-9-3-6-12(7-4-9)8-5-11-10(2)13/h3-4,6-7H,5,8H2,1-2H3/p+1. The molecular weight excluding hydrogens is 164 g/mol. The Labute approximate surface area is 78.4 Å². The van der Waals surface area contributed by atoms with Gasteiger partial charge in [0.05, 0.1) is 6.54 Å². The number of aryl methyl sites for hydroxylation is 1. The second-order valence-corrected chi connectivity index (χ2v) is 3.10. The molecule has 0 aliphatic carbocycles. The van der Waals surface area contributed by atoms with Gasteiger partial charge in [0.25, 0.3) is 0 Å². The third-order valence-corrected chi connectivity index (χ3v) is 1.80. The number of nitrogens with one attached hydrogen (secondary N) is 1. The van der Waals surface area contributed by atoms with Gasteiger partial charge in [0.2, 0.25) is 5.91 Å². The van der Waals surface area contributed by atoms with E-state index in [9.17, 15) is 4.79 Å². The van der Waals surface area contributed by atoms with E-state index in [1.807, 2.05) is 29.1 Å². The molecule has 1 aromatic heterocycles. The van der Waals surface area contributed by atoms with Crippen LogP contribution in [-0.4, -0.2) is 12.5 Å². The van der Waals surface area contributed by atoms with E-state index in [1.165, 1.54) is 12.5 Å². The molecule has 0 fully saturated rings. The van der Waals surface area contributed by atoms with Crippen LogP contribution in [0.4, 0.5) is 0 Å². The van der Waals surface area contributed by atoms with Gasteiger partial charge in [-0.3, -0.25) is 4.79 Å². The topological polar surface area (TPSA) is 33.0 Å². The molecule has 0 aromatic carbocycles. The van der Waals surface area contributed by atoms with Gasteiger partial charge < -0.3 is 5.32 Å². The van der Waals surface area contributed by atoms with Gasteiger partial charge in [0.15, 0.2) is 18.9 Å². The van der Waals surface area contributed by atoms with Gasteiger partial charge in [-0.25, -0.2) is 4.57 Å². The first-order valence-corrected chi connectivity index (χ1v) is 4.38. The van der Waals surface area contributed by atoms with E-state index in [0.29, 0.717) is 6.54 Å². The number of hydrogen-bond donors (Lipinski definition) is 1. The molecule has 0 saturated carbocycles. The van der Waals surface area contributed by atoms with Crippen LogP contribution in [0.2, 0.25) is 0 Å². The summed E-state index contributed by atoms with van der Waals surface area (Å²) in [7, 11) is 0. The summed E-state index contributed by atoms with van der Waals surface area (Å²) in [5, 5.41) is 2.75. The Morgan fingerprint density at radius 3 is 2.62 bits per heavy atom. The van der Waals surface area contributed by atoms with Gasteiger partial charge in [0, 0.05) is 19.1 Å². The zero-order valence-corrected chi connectivity index (χ0v) is 8.08. The smallest absolute Gasteiger partial charge is 0.217 e. The first kappa shape index (κ1) is 9.71. The molecule has 0 atom stereocenters. The second-order valence-electron chi connectivity index (χ2n) is 3.10. The lowest BCUT2D eigenvalue weighted by Crippen LogP contribution is -2.39. The highest BCUT2D eigenvalue weighted by molar-refractivity contribution is 5.72. The molecule has 0 saturated heterocycles. The molecule has 1 rings (SSSR count). The fourth-order valence-corrected chi connectivity index (χ4v) is 1.04. The van der Waals surface area contributed by atoms with Crippen molar-refractivity contribution >= 4 is 5.91 Å². The van der Waals surface area contributed by atoms with Crippen LogP contribution in [0.5, 0.6) is 0 Å². The number of carbonyl (C=O) groups excluding carboxylic acids is 1. The highest BCUT2D eigenvalue weighted by atomic mass is 16.1. The summed E-state index contributed by atoms with van der Waals surface area (Å²) in [5.41, 5.74) is 1.25. The first-order valence-electron chi connectivity index (χ1n) is 4.38. The SMILES string of the molecule is CC(=O)NCC[n+]1ccc(C)cc1. The highest BCUT2D eigenvalue weighted by Crippen LogP contribution is 1.88. The maximum absolute atomic E-state index is 10.6. The van der Waals surface area contributed by atoms with Crippen molar-refractivity contribution in [1.82, 2.24) is 5.32 Å². The van der Waals surface area contributed by atoms with Gasteiger partial charge in [-0.05, 0) is 12.5 Å². The minimum Gasteiger partial charge on any atom is -0.350 e. The van der Waals surface area contributed by atoms with Crippen molar-refractivity contribution in [3.63, 3.8) is 0 Å². The lowest BCUT2D eigenvalue weighted by atomic mass is 10.3. The number of rotatable bonds is 3. The third-order valence-electron chi connectivity index (χ3n) is 1.80. The molecule has 3 heteroatoms. The molecule has 0 unspecified atom stereocenters. The predicted molar refractivity (Wildman–Crippen MR) is 50.1 cm³/mol. The molecule has 70 valence electrons. The Hall–Kier alpha value is -1.38. The van der Waals surface area contributed by atoms with Gasteiger partial charge in [-0.2, -0.15) is 0 Å². The van der Waals surface area contributed by atoms with Crippen LogP contribution in [-0.2, 0) is 11.3 Å². The Kier molecular flexibility index (Phi) is 3.43. The first-order chi connectivity index (χ1) is 6.18. The molecule has 1 heterocycles. The Morgan fingerprint density at radius 1 is 1.46 bits per heavy atom. The average Bonchev–Trinajstić information content (AvgIpc) is 2.08. The second kappa shape index (κ2) is 4.60. The van der Waals surface area contributed by atoms with Crippen molar-refractivity contribution < 1.29 is 9.36 Å². The molecule has 13 heavy (non-hydrogen) atoms. The highest BCUT2D eigenvalue weighted by Gasteiger charge is 1.98. The van der Waals surface area contributed by atoms with Gasteiger partial charge in [-0.15, -0.1) is 0 Å². The van der Waals surface area contributed by atoms with Crippen LogP contribution < -0.4 is 9.88 Å².